The lowest BCUT2D eigenvalue weighted by molar-refractivity contribution is -0.128. The fraction of sp³-hybridized carbons (Fsp3) is 0.409. The number of carbonyl (C=O) groups excluding carboxylic acids is 2. The van der Waals surface area contributed by atoms with Gasteiger partial charge in [0, 0.05) is 56.0 Å². The van der Waals surface area contributed by atoms with Gasteiger partial charge in [0.25, 0.3) is 5.91 Å². The molecule has 140 valence electrons. The minimum atomic E-state index is 0.0157. The van der Waals surface area contributed by atoms with Crippen LogP contribution in [0.3, 0.4) is 0 Å². The van der Waals surface area contributed by atoms with Crippen LogP contribution in [0.15, 0.2) is 48.8 Å². The van der Waals surface area contributed by atoms with Crippen molar-refractivity contribution in [2.75, 3.05) is 19.6 Å². The molecule has 0 saturated carbocycles. The first-order valence-corrected chi connectivity index (χ1v) is 9.58. The number of rotatable bonds is 3. The van der Waals surface area contributed by atoms with Gasteiger partial charge >= 0.3 is 0 Å². The molecule has 4 rings (SSSR count). The third-order valence-electron chi connectivity index (χ3n) is 5.99. The largest absolute Gasteiger partial charge is 0.339 e. The van der Waals surface area contributed by atoms with Crippen LogP contribution in [0.2, 0.25) is 0 Å². The molecule has 1 spiro atoms. The second kappa shape index (κ2) is 7.14. The lowest BCUT2D eigenvalue weighted by Crippen LogP contribution is -2.44. The molecule has 3 heterocycles. The van der Waals surface area contributed by atoms with Crippen molar-refractivity contribution in [1.29, 1.82) is 0 Å². The maximum absolute atomic E-state index is 12.8. The lowest BCUT2D eigenvalue weighted by atomic mass is 9.77. The van der Waals surface area contributed by atoms with Crippen molar-refractivity contribution in [2.45, 2.75) is 32.7 Å². The SMILES string of the molecule is Cc1ccccc1C(=O)N1CCC2(CC1)CC(=O)N(Cc1cccnc1)C2. The maximum atomic E-state index is 12.8. The van der Waals surface area contributed by atoms with Crippen LogP contribution in [0.5, 0.6) is 0 Å². The highest BCUT2D eigenvalue weighted by molar-refractivity contribution is 5.95. The number of aromatic nitrogens is 1. The van der Waals surface area contributed by atoms with Crippen LogP contribution in [0.1, 0.15) is 40.7 Å². The summed E-state index contributed by atoms with van der Waals surface area (Å²) in [6, 6.07) is 11.7. The summed E-state index contributed by atoms with van der Waals surface area (Å²) in [5.74, 6) is 0.331. The Kier molecular flexibility index (Phi) is 4.68. The third kappa shape index (κ3) is 3.59. The molecular formula is C22H25N3O2. The highest BCUT2D eigenvalue weighted by Gasteiger charge is 2.45. The molecule has 0 bridgehead atoms. The number of pyridine rings is 1. The van der Waals surface area contributed by atoms with Crippen LogP contribution in [-0.2, 0) is 11.3 Å². The van der Waals surface area contributed by atoms with Crippen molar-refractivity contribution >= 4 is 11.8 Å². The molecule has 2 aliphatic heterocycles. The van der Waals surface area contributed by atoms with Crippen molar-refractivity contribution in [3.8, 4) is 0 Å². The molecule has 0 atom stereocenters. The Hall–Kier alpha value is -2.69. The van der Waals surface area contributed by atoms with Gasteiger partial charge in [-0.1, -0.05) is 24.3 Å². The highest BCUT2D eigenvalue weighted by Crippen LogP contribution is 2.41. The molecule has 0 unspecified atom stereocenters. The van der Waals surface area contributed by atoms with Gasteiger partial charge in [0.1, 0.15) is 0 Å². The van der Waals surface area contributed by atoms with E-state index in [1.807, 2.05) is 59.3 Å². The first-order chi connectivity index (χ1) is 13.1. The molecule has 2 amide bonds. The summed E-state index contributed by atoms with van der Waals surface area (Å²) >= 11 is 0. The van der Waals surface area contributed by atoms with Crippen molar-refractivity contribution < 1.29 is 9.59 Å². The number of carbonyl (C=O) groups is 2. The molecule has 2 aromatic rings. The number of nitrogens with zero attached hydrogens (tertiary/aromatic N) is 3. The van der Waals surface area contributed by atoms with E-state index in [9.17, 15) is 9.59 Å². The van der Waals surface area contributed by atoms with Crippen LogP contribution in [0.25, 0.3) is 0 Å². The molecule has 1 aromatic carbocycles. The zero-order valence-corrected chi connectivity index (χ0v) is 15.7. The topological polar surface area (TPSA) is 53.5 Å². The number of hydrogen-bond acceptors (Lipinski definition) is 3. The zero-order valence-electron chi connectivity index (χ0n) is 15.7. The monoisotopic (exact) mass is 363 g/mol. The first-order valence-electron chi connectivity index (χ1n) is 9.58. The van der Waals surface area contributed by atoms with E-state index in [1.165, 1.54) is 0 Å². The highest BCUT2D eigenvalue weighted by atomic mass is 16.2. The van der Waals surface area contributed by atoms with Crippen molar-refractivity contribution in [3.05, 3.63) is 65.5 Å². The normalized spacial score (nSPS) is 18.9. The summed E-state index contributed by atoms with van der Waals surface area (Å²) in [5.41, 5.74) is 2.88. The van der Waals surface area contributed by atoms with Crippen molar-refractivity contribution in [1.82, 2.24) is 14.8 Å². The molecule has 2 aliphatic rings. The van der Waals surface area contributed by atoms with Crippen LogP contribution < -0.4 is 0 Å². The third-order valence-corrected chi connectivity index (χ3v) is 5.99. The Labute approximate surface area is 160 Å². The summed E-state index contributed by atoms with van der Waals surface area (Å²) in [7, 11) is 0. The average molecular weight is 363 g/mol. The summed E-state index contributed by atoms with van der Waals surface area (Å²) in [4.78, 5) is 33.4. The van der Waals surface area contributed by atoms with Gasteiger partial charge in [0.15, 0.2) is 0 Å². The van der Waals surface area contributed by atoms with E-state index in [2.05, 4.69) is 4.98 Å². The van der Waals surface area contributed by atoms with E-state index in [-0.39, 0.29) is 17.2 Å². The lowest BCUT2D eigenvalue weighted by Gasteiger charge is -2.39. The van der Waals surface area contributed by atoms with E-state index in [0.717, 1.165) is 49.2 Å². The van der Waals surface area contributed by atoms with Gasteiger partial charge in [-0.15, -0.1) is 0 Å². The first kappa shape index (κ1) is 17.7. The quantitative estimate of drug-likeness (QED) is 0.842. The molecule has 0 radical (unpaired) electrons. The fourth-order valence-corrected chi connectivity index (χ4v) is 4.34. The minimum absolute atomic E-state index is 0.0157. The predicted molar refractivity (Wildman–Crippen MR) is 103 cm³/mol. The van der Waals surface area contributed by atoms with Crippen molar-refractivity contribution in [3.63, 3.8) is 0 Å². The van der Waals surface area contributed by atoms with E-state index in [4.69, 9.17) is 0 Å². The number of piperidine rings is 1. The smallest absolute Gasteiger partial charge is 0.254 e. The molecule has 1 aromatic heterocycles. The standard InChI is InChI=1S/C22H25N3O2/c1-17-5-2-3-7-19(17)21(27)24-11-8-22(9-12-24)13-20(26)25(16-22)15-18-6-4-10-23-14-18/h2-7,10,14H,8-9,11-13,15-16H2,1H3. The van der Waals surface area contributed by atoms with E-state index in [0.29, 0.717) is 13.0 Å². The van der Waals surface area contributed by atoms with E-state index in [1.54, 1.807) is 6.20 Å². The van der Waals surface area contributed by atoms with E-state index < -0.39 is 0 Å². The summed E-state index contributed by atoms with van der Waals surface area (Å²) < 4.78 is 0. The Morgan fingerprint density at radius 2 is 1.93 bits per heavy atom. The predicted octanol–water partition coefficient (Wildman–Crippen LogP) is 3.04. The van der Waals surface area contributed by atoms with Gasteiger partial charge in [0.05, 0.1) is 0 Å². The van der Waals surface area contributed by atoms with Gasteiger partial charge in [-0.2, -0.15) is 0 Å². The van der Waals surface area contributed by atoms with Crippen LogP contribution in [0, 0.1) is 12.3 Å². The molecule has 2 saturated heterocycles. The molecular weight excluding hydrogens is 338 g/mol. The van der Waals surface area contributed by atoms with E-state index >= 15 is 0 Å². The van der Waals surface area contributed by atoms with Gasteiger partial charge in [-0.25, -0.2) is 0 Å². The Morgan fingerprint density at radius 1 is 1.15 bits per heavy atom. The summed E-state index contributed by atoms with van der Waals surface area (Å²) in [5, 5.41) is 0. The van der Waals surface area contributed by atoms with Crippen LogP contribution in [-0.4, -0.2) is 46.2 Å². The molecule has 0 aliphatic carbocycles. The molecule has 5 heteroatoms. The number of benzene rings is 1. The van der Waals surface area contributed by atoms with Gasteiger partial charge < -0.3 is 9.80 Å². The Bertz CT molecular complexity index is 842. The fourth-order valence-electron chi connectivity index (χ4n) is 4.34. The average Bonchev–Trinajstić information content (AvgIpc) is 2.98. The van der Waals surface area contributed by atoms with Crippen molar-refractivity contribution in [2.24, 2.45) is 5.41 Å². The zero-order chi connectivity index (χ0) is 18.9. The Morgan fingerprint density at radius 3 is 2.63 bits per heavy atom. The van der Waals surface area contributed by atoms with Gasteiger partial charge in [0.2, 0.25) is 5.91 Å². The van der Waals surface area contributed by atoms with Crippen LogP contribution >= 0.6 is 0 Å². The van der Waals surface area contributed by atoms with Crippen LogP contribution in [0.4, 0.5) is 0 Å². The number of hydrogen-bond donors (Lipinski definition) is 0. The molecule has 27 heavy (non-hydrogen) atoms. The number of likely N-dealkylation sites (tertiary alicyclic amines) is 2. The summed E-state index contributed by atoms with van der Waals surface area (Å²) in [6.45, 7) is 4.83. The molecule has 5 nitrogen and oxygen atoms in total. The maximum Gasteiger partial charge on any atom is 0.254 e. The second-order valence-corrected chi connectivity index (χ2v) is 7.89. The van der Waals surface area contributed by atoms with Gasteiger partial charge in [-0.3, -0.25) is 14.6 Å². The number of aryl methyl sites for hydroxylation is 1. The van der Waals surface area contributed by atoms with Gasteiger partial charge in [-0.05, 0) is 43.0 Å². The second-order valence-electron chi connectivity index (χ2n) is 7.89. The molecule has 2 fully saturated rings. The molecule has 0 N–H and O–H groups in total. The number of amides is 2. The summed E-state index contributed by atoms with van der Waals surface area (Å²) in [6.07, 6.45) is 5.94. The minimum Gasteiger partial charge on any atom is -0.339 e. The Balaban J connectivity index is 1.39.